The Labute approximate surface area is 84.4 Å². The van der Waals surface area contributed by atoms with Gasteiger partial charge in [-0.05, 0) is 0 Å². The summed E-state index contributed by atoms with van der Waals surface area (Å²) in [4.78, 5) is 25.7. The van der Waals surface area contributed by atoms with Gasteiger partial charge in [-0.15, -0.1) is 0 Å². The smallest absolute Gasteiger partial charge is 0.410 e. The Morgan fingerprint density at radius 3 is 2.60 bits per heavy atom. The molecule has 0 fully saturated rings. The fourth-order valence-corrected chi connectivity index (χ4v) is 0.957. The van der Waals surface area contributed by atoms with E-state index in [1.807, 2.05) is 0 Å². The van der Waals surface area contributed by atoms with Crippen LogP contribution < -0.4 is 26.5 Å². The number of hydrogen-bond acceptors (Lipinski definition) is 6. The summed E-state index contributed by atoms with van der Waals surface area (Å²) in [5, 5.41) is 0. The van der Waals surface area contributed by atoms with E-state index in [-0.39, 0.29) is 11.8 Å². The Kier molecular flexibility index (Phi) is 2.79. The van der Waals surface area contributed by atoms with E-state index in [1.165, 1.54) is 14.2 Å². The van der Waals surface area contributed by atoms with E-state index in [9.17, 15) is 9.59 Å². The van der Waals surface area contributed by atoms with Crippen LogP contribution >= 0.6 is 0 Å². The lowest BCUT2D eigenvalue weighted by Crippen LogP contribution is -2.27. The average molecular weight is 214 g/mol. The van der Waals surface area contributed by atoms with Crippen LogP contribution in [0.3, 0.4) is 0 Å². The summed E-state index contributed by atoms with van der Waals surface area (Å²) in [6, 6.07) is 0.00863. The molecule has 0 aliphatic heterocycles. The van der Waals surface area contributed by atoms with Crippen molar-refractivity contribution in [2.24, 2.45) is 12.8 Å². The van der Waals surface area contributed by atoms with Gasteiger partial charge >= 0.3 is 17.7 Å². The molecule has 0 aromatic carbocycles. The van der Waals surface area contributed by atoms with Gasteiger partial charge in [-0.3, -0.25) is 9.36 Å². The van der Waals surface area contributed by atoms with Crippen molar-refractivity contribution in [3.05, 3.63) is 10.4 Å². The largest absolute Gasteiger partial charge is 0.468 e. The zero-order chi connectivity index (χ0) is 11.6. The second-order valence-corrected chi connectivity index (χ2v) is 2.60. The fraction of sp³-hybridized carbons (Fsp3) is 0.286. The molecule has 1 amide bonds. The number of primary amides is 1. The van der Waals surface area contributed by atoms with Crippen molar-refractivity contribution >= 4 is 11.9 Å². The maximum absolute atomic E-state index is 11.5. The predicted molar refractivity (Wildman–Crippen MR) is 50.7 cm³/mol. The zero-order valence-corrected chi connectivity index (χ0v) is 8.18. The molecule has 1 heterocycles. The molecule has 8 nitrogen and oxygen atoms in total. The number of carbonyl (C=O) groups excluding carboxylic acids is 1. The van der Waals surface area contributed by atoms with Gasteiger partial charge in [-0.1, -0.05) is 0 Å². The molecule has 8 heteroatoms. The highest BCUT2D eigenvalue weighted by Crippen LogP contribution is 2.16. The lowest BCUT2D eigenvalue weighted by Gasteiger charge is -2.09. The van der Waals surface area contributed by atoms with Crippen molar-refractivity contribution in [2.75, 3.05) is 12.8 Å². The van der Waals surface area contributed by atoms with Crippen LogP contribution in [0.4, 0.5) is 10.6 Å². The predicted octanol–water partition coefficient (Wildman–Crippen LogP) is -1.17. The molecule has 4 N–H and O–H groups in total. The maximum Gasteiger partial charge on any atom is 0.410 e. The van der Waals surface area contributed by atoms with Gasteiger partial charge in [0.2, 0.25) is 5.75 Å². The Hall–Kier alpha value is -2.25. The highest BCUT2D eigenvalue weighted by atomic mass is 16.6. The maximum atomic E-state index is 11.5. The molecule has 0 bridgehead atoms. The van der Waals surface area contributed by atoms with E-state index in [1.54, 1.807) is 0 Å². The van der Waals surface area contributed by atoms with Crippen molar-refractivity contribution in [1.29, 1.82) is 0 Å². The molecule has 0 atom stereocenters. The molecule has 1 aromatic heterocycles. The normalized spacial score (nSPS) is 9.73. The van der Waals surface area contributed by atoms with Gasteiger partial charge in [0.15, 0.2) is 5.82 Å². The number of carbonyl (C=O) groups is 1. The minimum Gasteiger partial charge on any atom is -0.468 e. The SMILES string of the molecule is COc1nc(N)c(OC(N)=O)c(=O)n1C. The van der Waals surface area contributed by atoms with Crippen molar-refractivity contribution in [3.63, 3.8) is 0 Å². The number of anilines is 1. The minimum atomic E-state index is -1.13. The number of rotatable bonds is 2. The van der Waals surface area contributed by atoms with Crippen LogP contribution in [-0.4, -0.2) is 22.8 Å². The molecular weight excluding hydrogens is 204 g/mol. The van der Waals surface area contributed by atoms with Gasteiger partial charge in [-0.25, -0.2) is 4.79 Å². The Morgan fingerprint density at radius 1 is 1.53 bits per heavy atom. The molecule has 0 unspecified atom stereocenters. The third-order valence-corrected chi connectivity index (χ3v) is 1.62. The summed E-state index contributed by atoms with van der Waals surface area (Å²) in [5.41, 5.74) is 9.48. The van der Waals surface area contributed by atoms with Crippen molar-refractivity contribution < 1.29 is 14.3 Å². The molecule has 15 heavy (non-hydrogen) atoms. The fourth-order valence-electron chi connectivity index (χ4n) is 0.957. The molecule has 0 aliphatic carbocycles. The van der Waals surface area contributed by atoms with Gasteiger partial charge < -0.3 is 20.9 Å². The summed E-state index contributed by atoms with van der Waals surface area (Å²) in [7, 11) is 2.72. The quantitative estimate of drug-likeness (QED) is 0.639. The first-order valence-electron chi connectivity index (χ1n) is 3.85. The number of hydrogen-bond donors (Lipinski definition) is 2. The number of nitrogens with two attached hydrogens (primary N) is 2. The van der Waals surface area contributed by atoms with E-state index in [0.29, 0.717) is 0 Å². The summed E-state index contributed by atoms with van der Waals surface area (Å²) < 4.78 is 10.2. The van der Waals surface area contributed by atoms with E-state index in [4.69, 9.17) is 16.2 Å². The highest BCUT2D eigenvalue weighted by Gasteiger charge is 2.15. The standard InChI is InChI=1S/C7H10N4O4/c1-11-5(12)3(15-6(9)13)4(8)10-7(11)14-2/h8H2,1-2H3,(H2,9,13). The highest BCUT2D eigenvalue weighted by molar-refractivity contribution is 5.69. The zero-order valence-electron chi connectivity index (χ0n) is 8.18. The summed E-state index contributed by atoms with van der Waals surface area (Å²) >= 11 is 0. The summed E-state index contributed by atoms with van der Waals surface area (Å²) in [5.74, 6) is -0.667. The van der Waals surface area contributed by atoms with E-state index in [0.717, 1.165) is 4.57 Å². The number of nitrogen functional groups attached to an aromatic ring is 1. The Balaban J connectivity index is 3.36. The second kappa shape index (κ2) is 3.86. The monoisotopic (exact) mass is 214 g/mol. The lowest BCUT2D eigenvalue weighted by molar-refractivity contribution is 0.209. The minimum absolute atomic E-state index is 0.00863. The van der Waals surface area contributed by atoms with E-state index < -0.39 is 17.4 Å². The Morgan fingerprint density at radius 2 is 2.13 bits per heavy atom. The van der Waals surface area contributed by atoms with Crippen molar-refractivity contribution in [2.45, 2.75) is 0 Å². The molecule has 1 rings (SSSR count). The first-order valence-corrected chi connectivity index (χ1v) is 3.85. The average Bonchev–Trinajstić information content (AvgIpc) is 2.18. The lowest BCUT2D eigenvalue weighted by atomic mass is 10.5. The number of nitrogens with zero attached hydrogens (tertiary/aromatic N) is 2. The van der Waals surface area contributed by atoms with Gasteiger partial charge in [0.1, 0.15) is 0 Å². The molecule has 0 aliphatic rings. The van der Waals surface area contributed by atoms with Crippen LogP contribution in [0.1, 0.15) is 0 Å². The number of amides is 1. The van der Waals surface area contributed by atoms with Crippen LogP contribution in [0.25, 0.3) is 0 Å². The number of aromatic nitrogens is 2. The molecular formula is C7H10N4O4. The van der Waals surface area contributed by atoms with Crippen LogP contribution in [0, 0.1) is 0 Å². The number of ether oxygens (including phenoxy) is 2. The second-order valence-electron chi connectivity index (χ2n) is 2.60. The third-order valence-electron chi connectivity index (χ3n) is 1.62. The molecule has 0 saturated heterocycles. The van der Waals surface area contributed by atoms with Crippen LogP contribution in [-0.2, 0) is 7.05 Å². The molecule has 0 radical (unpaired) electrons. The molecule has 82 valence electrons. The van der Waals surface area contributed by atoms with Gasteiger partial charge in [-0.2, -0.15) is 4.98 Å². The van der Waals surface area contributed by atoms with E-state index >= 15 is 0 Å². The summed E-state index contributed by atoms with van der Waals surface area (Å²) in [6.07, 6.45) is -1.13. The first-order chi connectivity index (χ1) is 6.97. The summed E-state index contributed by atoms with van der Waals surface area (Å²) in [6.45, 7) is 0. The van der Waals surface area contributed by atoms with Gasteiger partial charge in [0.25, 0.3) is 0 Å². The van der Waals surface area contributed by atoms with Crippen molar-refractivity contribution in [1.82, 2.24) is 9.55 Å². The molecule has 0 spiro atoms. The van der Waals surface area contributed by atoms with Gasteiger partial charge in [0.05, 0.1) is 7.11 Å². The van der Waals surface area contributed by atoms with Crippen LogP contribution in [0.15, 0.2) is 4.79 Å². The van der Waals surface area contributed by atoms with Crippen LogP contribution in [0.2, 0.25) is 0 Å². The third kappa shape index (κ3) is 1.98. The van der Waals surface area contributed by atoms with Crippen LogP contribution in [0.5, 0.6) is 11.8 Å². The number of methoxy groups -OCH3 is 1. The Bertz CT molecular complexity index is 453. The topological polar surface area (TPSA) is 122 Å². The van der Waals surface area contributed by atoms with Gasteiger partial charge in [0, 0.05) is 7.05 Å². The molecule has 0 saturated carbocycles. The van der Waals surface area contributed by atoms with E-state index in [2.05, 4.69) is 9.72 Å². The molecule has 1 aromatic rings. The first kappa shape index (κ1) is 10.8. The van der Waals surface area contributed by atoms with Crippen molar-refractivity contribution in [3.8, 4) is 11.8 Å².